The average Bonchev–Trinajstić information content (AvgIpc) is 2.83. The van der Waals surface area contributed by atoms with Crippen LogP contribution in [0, 0.1) is 5.21 Å². The lowest BCUT2D eigenvalue weighted by atomic mass is 10.2. The molecule has 3 rings (SSSR count). The van der Waals surface area contributed by atoms with Crippen LogP contribution in [0.5, 0.6) is 0 Å². The standard InChI is InChI=1S/C9H7ClN6O/c10-8-2-1-7-6-14(16-11-3-4-12-16)13-15(17)9(7)5-8/h1-5H,6H2. The minimum atomic E-state index is 0.417. The Labute approximate surface area is 101 Å². The number of aromatic nitrogens is 3. The van der Waals surface area contributed by atoms with Gasteiger partial charge in [0.2, 0.25) is 0 Å². The molecule has 0 atom stereocenters. The molecule has 1 aromatic heterocycles. The van der Waals surface area contributed by atoms with Gasteiger partial charge in [-0.25, -0.2) is 0 Å². The molecule has 8 heteroatoms. The summed E-state index contributed by atoms with van der Waals surface area (Å²) in [5, 5.41) is 25.2. The Kier molecular flexibility index (Phi) is 2.19. The maximum atomic E-state index is 11.7. The van der Waals surface area contributed by atoms with E-state index >= 15 is 0 Å². The summed E-state index contributed by atoms with van der Waals surface area (Å²) in [5.41, 5.74) is 1.26. The maximum absolute atomic E-state index is 11.7. The number of hydrogen-bond acceptors (Lipinski definition) is 5. The van der Waals surface area contributed by atoms with E-state index in [9.17, 15) is 5.21 Å². The summed E-state index contributed by atoms with van der Waals surface area (Å²) in [4.78, 5) is 1.76. The third kappa shape index (κ3) is 1.70. The highest BCUT2D eigenvalue weighted by molar-refractivity contribution is 6.30. The van der Waals surface area contributed by atoms with Crippen molar-refractivity contribution in [1.82, 2.24) is 15.1 Å². The first-order chi connectivity index (χ1) is 8.24. The van der Waals surface area contributed by atoms with Crippen LogP contribution in [0.3, 0.4) is 0 Å². The van der Waals surface area contributed by atoms with E-state index < -0.39 is 0 Å². The Hall–Kier alpha value is -2.15. The van der Waals surface area contributed by atoms with E-state index in [1.807, 2.05) is 0 Å². The molecule has 0 saturated heterocycles. The van der Waals surface area contributed by atoms with Gasteiger partial charge in [0.15, 0.2) is 12.2 Å². The van der Waals surface area contributed by atoms with Crippen LogP contribution in [0.2, 0.25) is 5.02 Å². The molecule has 0 bridgehead atoms. The largest absolute Gasteiger partial charge is 0.691 e. The molecule has 0 radical (unpaired) electrons. The molecule has 0 fully saturated rings. The molecule has 1 aliphatic rings. The molecule has 2 heterocycles. The molecule has 7 nitrogen and oxygen atoms in total. The molecular weight excluding hydrogens is 244 g/mol. The fraction of sp³-hybridized carbons (Fsp3) is 0.111. The van der Waals surface area contributed by atoms with E-state index in [1.165, 1.54) is 22.4 Å². The molecule has 0 N–H and O–H groups in total. The van der Waals surface area contributed by atoms with Crippen LogP contribution in [0.25, 0.3) is 0 Å². The molecule has 1 aliphatic heterocycles. The lowest BCUT2D eigenvalue weighted by Gasteiger charge is -2.19. The lowest BCUT2D eigenvalue weighted by Crippen LogP contribution is -2.34. The van der Waals surface area contributed by atoms with E-state index in [0.717, 1.165) is 5.56 Å². The van der Waals surface area contributed by atoms with Crippen LogP contribution in [0.4, 0.5) is 5.69 Å². The van der Waals surface area contributed by atoms with Crippen molar-refractivity contribution in [2.24, 2.45) is 5.22 Å². The smallest absolute Gasteiger partial charge is 0.168 e. The van der Waals surface area contributed by atoms with Crippen LogP contribution in [0.15, 0.2) is 35.8 Å². The summed E-state index contributed by atoms with van der Waals surface area (Å²) in [5.74, 6) is 0. The second kappa shape index (κ2) is 3.70. The predicted molar refractivity (Wildman–Crippen MR) is 59.1 cm³/mol. The van der Waals surface area contributed by atoms with Crippen LogP contribution >= 0.6 is 11.6 Å². The third-order valence-electron chi connectivity index (χ3n) is 2.36. The molecule has 1 aromatic carbocycles. The Morgan fingerprint density at radius 2 is 2.06 bits per heavy atom. The van der Waals surface area contributed by atoms with Crippen LogP contribution in [0.1, 0.15) is 5.56 Å². The zero-order valence-electron chi connectivity index (χ0n) is 8.56. The normalized spacial score (nSPS) is 14.4. The van der Waals surface area contributed by atoms with Crippen LogP contribution < -0.4 is 5.12 Å². The summed E-state index contributed by atoms with van der Waals surface area (Å²) in [7, 11) is 0. The zero-order chi connectivity index (χ0) is 11.8. The molecular formula is C9H7ClN6O. The van der Waals surface area contributed by atoms with E-state index in [0.29, 0.717) is 22.1 Å². The van der Waals surface area contributed by atoms with Gasteiger partial charge in [-0.15, -0.1) is 15.1 Å². The van der Waals surface area contributed by atoms with Crippen molar-refractivity contribution < 1.29 is 4.86 Å². The van der Waals surface area contributed by atoms with Gasteiger partial charge < -0.3 is 5.21 Å². The van der Waals surface area contributed by atoms with Gasteiger partial charge in [-0.05, 0) is 17.3 Å². The number of halogens is 1. The molecule has 0 unspecified atom stereocenters. The second-order valence-electron chi connectivity index (χ2n) is 3.46. The van der Waals surface area contributed by atoms with E-state index in [-0.39, 0.29) is 0 Å². The zero-order valence-corrected chi connectivity index (χ0v) is 9.32. The first-order valence-electron chi connectivity index (χ1n) is 4.85. The van der Waals surface area contributed by atoms with Gasteiger partial charge in [-0.2, -0.15) is 0 Å². The van der Waals surface area contributed by atoms with Crippen LogP contribution in [-0.4, -0.2) is 20.0 Å². The molecule has 0 amide bonds. The van der Waals surface area contributed by atoms with Crippen molar-refractivity contribution in [2.75, 3.05) is 5.12 Å². The van der Waals surface area contributed by atoms with Crippen molar-refractivity contribution in [2.45, 2.75) is 6.54 Å². The van der Waals surface area contributed by atoms with Gasteiger partial charge >= 0.3 is 0 Å². The van der Waals surface area contributed by atoms with Crippen molar-refractivity contribution in [3.05, 3.63) is 46.4 Å². The number of hydrogen-bond donors (Lipinski definition) is 0. The molecule has 0 saturated carbocycles. The summed E-state index contributed by atoms with van der Waals surface area (Å²) in [6.07, 6.45) is 3.03. The Morgan fingerprint density at radius 3 is 2.82 bits per heavy atom. The minimum absolute atomic E-state index is 0.417. The third-order valence-corrected chi connectivity index (χ3v) is 2.60. The quantitative estimate of drug-likeness (QED) is 0.569. The van der Waals surface area contributed by atoms with Crippen molar-refractivity contribution in [3.63, 3.8) is 0 Å². The van der Waals surface area contributed by atoms with Gasteiger partial charge in [0.25, 0.3) is 0 Å². The van der Waals surface area contributed by atoms with Crippen molar-refractivity contribution in [3.8, 4) is 0 Å². The van der Waals surface area contributed by atoms with Gasteiger partial charge in [-0.1, -0.05) is 11.6 Å². The highest BCUT2D eigenvalue weighted by atomic mass is 35.5. The summed E-state index contributed by atoms with van der Waals surface area (Å²) in [6.45, 7) is 0.417. The highest BCUT2D eigenvalue weighted by Gasteiger charge is 2.24. The van der Waals surface area contributed by atoms with Crippen LogP contribution in [-0.2, 0) is 6.54 Å². The van der Waals surface area contributed by atoms with Crippen molar-refractivity contribution >= 4 is 17.3 Å². The molecule has 2 aromatic rings. The summed E-state index contributed by atoms with van der Waals surface area (Å²) < 4.78 is 0. The van der Waals surface area contributed by atoms with Gasteiger partial charge in [0, 0.05) is 21.6 Å². The van der Waals surface area contributed by atoms with Gasteiger partial charge in [0.05, 0.1) is 12.4 Å². The number of rotatable bonds is 1. The maximum Gasteiger partial charge on any atom is 0.168 e. The Bertz CT molecular complexity index is 581. The van der Waals surface area contributed by atoms with E-state index in [1.54, 1.807) is 18.2 Å². The first kappa shape index (κ1) is 10.0. The van der Waals surface area contributed by atoms with E-state index in [4.69, 9.17) is 11.6 Å². The monoisotopic (exact) mass is 250 g/mol. The van der Waals surface area contributed by atoms with Gasteiger partial charge in [-0.3, -0.25) is 0 Å². The second-order valence-corrected chi connectivity index (χ2v) is 3.90. The van der Waals surface area contributed by atoms with Crippen molar-refractivity contribution in [1.29, 1.82) is 0 Å². The fourth-order valence-corrected chi connectivity index (χ4v) is 1.77. The topological polar surface area (TPSA) is 72.4 Å². The Morgan fingerprint density at radius 1 is 1.29 bits per heavy atom. The molecule has 86 valence electrons. The minimum Gasteiger partial charge on any atom is -0.691 e. The highest BCUT2D eigenvalue weighted by Crippen LogP contribution is 2.27. The average molecular weight is 251 g/mol. The summed E-state index contributed by atoms with van der Waals surface area (Å²) >= 11 is 5.83. The molecule has 17 heavy (non-hydrogen) atoms. The first-order valence-corrected chi connectivity index (χ1v) is 5.23. The van der Waals surface area contributed by atoms with Gasteiger partial charge in [0.1, 0.15) is 5.22 Å². The lowest BCUT2D eigenvalue weighted by molar-refractivity contribution is -0.450. The Balaban J connectivity index is 2.03. The molecule has 0 aliphatic carbocycles. The number of fused-ring (bicyclic) bond motifs is 1. The SMILES string of the molecule is [O-][N+]1=NN(n2nccn2)Cc2ccc(Cl)cc21. The number of benzene rings is 1. The summed E-state index contributed by atoms with van der Waals surface area (Å²) in [6, 6.07) is 5.10. The van der Waals surface area contributed by atoms with E-state index in [2.05, 4.69) is 15.4 Å². The fourth-order valence-electron chi connectivity index (χ4n) is 1.60. The predicted octanol–water partition coefficient (Wildman–Crippen LogP) is 1.59. The molecule has 0 spiro atoms. The number of nitrogens with zero attached hydrogens (tertiary/aromatic N) is 6.